The first-order valence-corrected chi connectivity index (χ1v) is 8.57. The lowest BCUT2D eigenvalue weighted by Gasteiger charge is -2.12. The van der Waals surface area contributed by atoms with Crippen LogP contribution in [0.15, 0.2) is 48.5 Å². The number of methoxy groups -OCH3 is 1. The number of hydrogen-bond donors (Lipinski definition) is 1. The van der Waals surface area contributed by atoms with E-state index in [2.05, 4.69) is 10.3 Å². The van der Waals surface area contributed by atoms with Crippen molar-refractivity contribution in [2.24, 2.45) is 0 Å². The van der Waals surface area contributed by atoms with Crippen molar-refractivity contribution in [1.82, 2.24) is 10.3 Å². The predicted octanol–water partition coefficient (Wildman–Crippen LogP) is 4.01. The van der Waals surface area contributed by atoms with E-state index in [1.54, 1.807) is 25.3 Å². The molecule has 0 fully saturated rings. The van der Waals surface area contributed by atoms with E-state index >= 15 is 0 Å². The van der Waals surface area contributed by atoms with Crippen LogP contribution in [-0.4, -0.2) is 31.2 Å². The highest BCUT2D eigenvalue weighted by atomic mass is 35.5. The number of amides is 1. The van der Waals surface area contributed by atoms with E-state index in [1.807, 2.05) is 37.3 Å². The van der Waals surface area contributed by atoms with Gasteiger partial charge in [0.2, 0.25) is 0 Å². The molecule has 1 heterocycles. The van der Waals surface area contributed by atoms with Crippen LogP contribution in [0.3, 0.4) is 0 Å². The summed E-state index contributed by atoms with van der Waals surface area (Å²) in [6.45, 7) is 2.51. The number of fused-ring (bicyclic) bond motifs is 1. The summed E-state index contributed by atoms with van der Waals surface area (Å²) in [7, 11) is 1.59. The fraction of sp³-hybridized carbons (Fsp3) is 0.200. The second-order valence-corrected chi connectivity index (χ2v) is 6.15. The van der Waals surface area contributed by atoms with Crippen molar-refractivity contribution in [1.29, 1.82) is 0 Å². The molecule has 0 aliphatic heterocycles. The molecule has 2 aromatic carbocycles. The lowest BCUT2D eigenvalue weighted by molar-refractivity contribution is 0.0946. The van der Waals surface area contributed by atoms with Crippen LogP contribution < -0.4 is 14.8 Å². The third-order valence-electron chi connectivity index (χ3n) is 3.93. The van der Waals surface area contributed by atoms with Crippen LogP contribution >= 0.6 is 11.6 Å². The highest BCUT2D eigenvalue weighted by Gasteiger charge is 2.12. The smallest absolute Gasteiger partial charge is 0.253 e. The zero-order chi connectivity index (χ0) is 18.5. The van der Waals surface area contributed by atoms with Gasteiger partial charge >= 0.3 is 0 Å². The van der Waals surface area contributed by atoms with Gasteiger partial charge in [-0.25, -0.2) is 0 Å². The van der Waals surface area contributed by atoms with Crippen LogP contribution in [0.1, 0.15) is 16.1 Å². The molecule has 134 valence electrons. The molecule has 0 unspecified atom stereocenters. The normalized spacial score (nSPS) is 10.6. The number of carbonyl (C=O) groups is 1. The molecule has 1 N–H and O–H groups in total. The number of hydrogen-bond acceptors (Lipinski definition) is 4. The second-order valence-electron chi connectivity index (χ2n) is 5.71. The molecule has 0 aliphatic rings. The van der Waals surface area contributed by atoms with Crippen LogP contribution in [-0.2, 0) is 0 Å². The number of halogens is 1. The fourth-order valence-corrected chi connectivity index (χ4v) is 2.81. The number of aromatic nitrogens is 1. The van der Waals surface area contributed by atoms with Crippen molar-refractivity contribution < 1.29 is 14.3 Å². The van der Waals surface area contributed by atoms with E-state index in [1.165, 1.54) is 0 Å². The number of para-hydroxylation sites is 2. The van der Waals surface area contributed by atoms with Gasteiger partial charge in [0.15, 0.2) is 11.5 Å². The van der Waals surface area contributed by atoms with Crippen molar-refractivity contribution in [3.8, 4) is 11.5 Å². The summed E-state index contributed by atoms with van der Waals surface area (Å²) in [4.78, 5) is 16.9. The lowest BCUT2D eigenvalue weighted by Crippen LogP contribution is -2.28. The van der Waals surface area contributed by atoms with Gasteiger partial charge in [0.05, 0.1) is 30.4 Å². The van der Waals surface area contributed by atoms with Gasteiger partial charge in [0.1, 0.15) is 6.61 Å². The Morgan fingerprint density at radius 3 is 2.69 bits per heavy atom. The summed E-state index contributed by atoms with van der Waals surface area (Å²) in [5, 5.41) is 4.29. The number of carbonyl (C=O) groups excluding carboxylic acids is 1. The molecule has 3 rings (SSSR count). The molecule has 0 spiro atoms. The van der Waals surface area contributed by atoms with Crippen LogP contribution in [0.2, 0.25) is 5.02 Å². The van der Waals surface area contributed by atoms with Crippen molar-refractivity contribution in [3.63, 3.8) is 0 Å². The van der Waals surface area contributed by atoms with Crippen LogP contribution in [0.5, 0.6) is 11.5 Å². The van der Waals surface area contributed by atoms with Crippen molar-refractivity contribution in [3.05, 3.63) is 64.8 Å². The summed E-state index contributed by atoms with van der Waals surface area (Å²) >= 11 is 6.02. The fourth-order valence-electron chi connectivity index (χ4n) is 2.63. The zero-order valence-corrected chi connectivity index (χ0v) is 15.3. The molecule has 3 aromatic rings. The Hall–Kier alpha value is -2.79. The number of aryl methyl sites for hydroxylation is 1. The van der Waals surface area contributed by atoms with E-state index in [9.17, 15) is 4.79 Å². The van der Waals surface area contributed by atoms with E-state index in [4.69, 9.17) is 21.1 Å². The van der Waals surface area contributed by atoms with Gasteiger partial charge in [-0.2, -0.15) is 0 Å². The minimum atomic E-state index is -0.194. The maximum atomic E-state index is 12.5. The molecule has 1 amide bonds. The molecule has 1 aromatic heterocycles. The highest BCUT2D eigenvalue weighted by molar-refractivity contribution is 6.31. The van der Waals surface area contributed by atoms with E-state index in [-0.39, 0.29) is 5.91 Å². The maximum absolute atomic E-state index is 12.5. The molecule has 0 saturated carbocycles. The Labute approximate surface area is 156 Å². The van der Waals surface area contributed by atoms with Crippen LogP contribution in [0, 0.1) is 6.92 Å². The number of benzene rings is 2. The van der Waals surface area contributed by atoms with Crippen molar-refractivity contribution >= 4 is 28.4 Å². The van der Waals surface area contributed by atoms with Gasteiger partial charge in [0, 0.05) is 10.4 Å². The van der Waals surface area contributed by atoms with Gasteiger partial charge in [-0.15, -0.1) is 0 Å². The van der Waals surface area contributed by atoms with Crippen LogP contribution in [0.4, 0.5) is 0 Å². The van der Waals surface area contributed by atoms with Crippen molar-refractivity contribution in [2.75, 3.05) is 20.3 Å². The number of pyridine rings is 1. The Balaban J connectivity index is 1.63. The highest BCUT2D eigenvalue weighted by Crippen LogP contribution is 2.25. The number of nitrogens with zero attached hydrogens (tertiary/aromatic N) is 1. The zero-order valence-electron chi connectivity index (χ0n) is 14.6. The maximum Gasteiger partial charge on any atom is 0.253 e. The molecule has 26 heavy (non-hydrogen) atoms. The summed E-state index contributed by atoms with van der Waals surface area (Å²) in [6.07, 6.45) is 0. The first kappa shape index (κ1) is 18.0. The molecule has 0 atom stereocenters. The predicted molar refractivity (Wildman–Crippen MR) is 102 cm³/mol. The minimum Gasteiger partial charge on any atom is -0.493 e. The Kier molecular flexibility index (Phi) is 5.58. The van der Waals surface area contributed by atoms with E-state index in [0.29, 0.717) is 40.9 Å². The van der Waals surface area contributed by atoms with Gasteiger partial charge in [-0.3, -0.25) is 9.78 Å². The van der Waals surface area contributed by atoms with Gasteiger partial charge in [0.25, 0.3) is 5.91 Å². The first-order valence-electron chi connectivity index (χ1n) is 8.19. The molecule has 0 bridgehead atoms. The SMILES string of the molecule is COc1ccccc1OCCNC(=O)c1cc2cc(Cl)ccc2nc1C. The molecule has 5 nitrogen and oxygen atoms in total. The standard InChI is InChI=1S/C20H19ClN2O3/c1-13-16(12-14-11-15(21)7-8-17(14)23-13)20(24)22-9-10-26-19-6-4-3-5-18(19)25-2/h3-8,11-12H,9-10H2,1-2H3,(H,22,24). The third kappa shape index (κ3) is 4.06. The van der Waals surface area contributed by atoms with Crippen LogP contribution in [0.25, 0.3) is 10.9 Å². The minimum absolute atomic E-state index is 0.194. The second kappa shape index (κ2) is 8.06. The number of nitrogens with one attached hydrogen (secondary N) is 1. The Morgan fingerprint density at radius 1 is 1.15 bits per heavy atom. The molecular weight excluding hydrogens is 352 g/mol. The Morgan fingerprint density at radius 2 is 1.92 bits per heavy atom. The summed E-state index contributed by atoms with van der Waals surface area (Å²) in [6, 6.07) is 14.6. The Bertz CT molecular complexity index is 943. The summed E-state index contributed by atoms with van der Waals surface area (Å²) in [5.41, 5.74) is 2.00. The quantitative estimate of drug-likeness (QED) is 0.666. The molecule has 0 aliphatic carbocycles. The average Bonchev–Trinajstić information content (AvgIpc) is 2.65. The van der Waals surface area contributed by atoms with E-state index in [0.717, 1.165) is 10.9 Å². The van der Waals surface area contributed by atoms with Crippen molar-refractivity contribution in [2.45, 2.75) is 6.92 Å². The molecule has 0 radical (unpaired) electrons. The summed E-state index contributed by atoms with van der Waals surface area (Å²) < 4.78 is 10.9. The molecular formula is C20H19ClN2O3. The van der Waals surface area contributed by atoms with Gasteiger partial charge in [-0.1, -0.05) is 23.7 Å². The summed E-state index contributed by atoms with van der Waals surface area (Å²) in [5.74, 6) is 1.10. The average molecular weight is 371 g/mol. The first-order chi connectivity index (χ1) is 12.6. The number of rotatable bonds is 6. The molecule has 6 heteroatoms. The largest absolute Gasteiger partial charge is 0.493 e. The third-order valence-corrected chi connectivity index (χ3v) is 4.16. The monoisotopic (exact) mass is 370 g/mol. The van der Waals surface area contributed by atoms with E-state index < -0.39 is 0 Å². The lowest BCUT2D eigenvalue weighted by atomic mass is 10.1. The topological polar surface area (TPSA) is 60.5 Å². The van der Waals surface area contributed by atoms with Gasteiger partial charge < -0.3 is 14.8 Å². The number of ether oxygens (including phenoxy) is 2. The molecule has 0 saturated heterocycles. The van der Waals surface area contributed by atoms with Gasteiger partial charge in [-0.05, 0) is 43.3 Å².